The molecule has 2 aromatic rings. The maximum Gasteiger partial charge on any atom is 0.321 e. The summed E-state index contributed by atoms with van der Waals surface area (Å²) in [6, 6.07) is 17.6. The molecule has 1 aliphatic rings. The highest BCUT2D eigenvalue weighted by atomic mass is 16.2. The fourth-order valence-corrected chi connectivity index (χ4v) is 3.00. The number of benzene rings is 2. The van der Waals surface area contributed by atoms with Crippen LogP contribution < -0.4 is 11.1 Å². The molecule has 2 aromatic carbocycles. The molecule has 3 rings (SSSR count). The van der Waals surface area contributed by atoms with Gasteiger partial charge >= 0.3 is 6.03 Å². The van der Waals surface area contributed by atoms with E-state index in [-0.39, 0.29) is 6.03 Å². The van der Waals surface area contributed by atoms with Crippen LogP contribution in [0.3, 0.4) is 0 Å². The number of piperidine rings is 1. The Hall–Kier alpha value is -2.49. The third kappa shape index (κ3) is 3.22. The van der Waals surface area contributed by atoms with E-state index < -0.39 is 0 Å². The number of nitrogens with zero attached hydrogens (tertiary/aromatic N) is 1. The molecule has 22 heavy (non-hydrogen) atoms. The van der Waals surface area contributed by atoms with Gasteiger partial charge in [-0.25, -0.2) is 4.79 Å². The number of nitrogen functional groups attached to an aromatic ring is 1. The Kier molecular flexibility index (Phi) is 4.28. The second-order valence-corrected chi connectivity index (χ2v) is 5.69. The minimum absolute atomic E-state index is 0.0225. The molecular formula is C18H21N3O. The van der Waals surface area contributed by atoms with Crippen molar-refractivity contribution in [2.45, 2.75) is 18.8 Å². The first-order chi connectivity index (χ1) is 10.7. The number of amides is 2. The number of carbonyl (C=O) groups is 1. The van der Waals surface area contributed by atoms with E-state index >= 15 is 0 Å². The molecule has 1 heterocycles. The number of hydrogen-bond donors (Lipinski definition) is 2. The molecule has 0 atom stereocenters. The van der Waals surface area contributed by atoms with Gasteiger partial charge in [0.05, 0.1) is 0 Å². The van der Waals surface area contributed by atoms with E-state index in [0.29, 0.717) is 5.92 Å². The number of rotatable bonds is 2. The molecule has 4 heteroatoms. The Morgan fingerprint density at radius 3 is 2.32 bits per heavy atom. The summed E-state index contributed by atoms with van der Waals surface area (Å²) in [5.74, 6) is 0.446. The standard InChI is InChI=1S/C18H21N3O/c19-17-9-5-4-8-16(17)14-10-12-21(13-11-14)18(22)20-15-6-2-1-3-7-15/h1-9,14H,10-13,19H2,(H,20,22). The van der Waals surface area contributed by atoms with Crippen LogP contribution in [0.5, 0.6) is 0 Å². The Labute approximate surface area is 130 Å². The van der Waals surface area contributed by atoms with Crippen molar-refractivity contribution in [1.82, 2.24) is 4.90 Å². The van der Waals surface area contributed by atoms with Crippen LogP contribution in [-0.4, -0.2) is 24.0 Å². The van der Waals surface area contributed by atoms with Crippen molar-refractivity contribution in [3.05, 3.63) is 60.2 Å². The zero-order chi connectivity index (χ0) is 15.4. The average Bonchev–Trinajstić information content (AvgIpc) is 2.56. The van der Waals surface area contributed by atoms with Gasteiger partial charge in [0.1, 0.15) is 0 Å². The van der Waals surface area contributed by atoms with E-state index in [1.54, 1.807) is 0 Å². The lowest BCUT2D eigenvalue weighted by molar-refractivity contribution is 0.194. The summed E-state index contributed by atoms with van der Waals surface area (Å²) in [7, 11) is 0. The van der Waals surface area contributed by atoms with Gasteiger partial charge in [-0.1, -0.05) is 36.4 Å². The van der Waals surface area contributed by atoms with Crippen molar-refractivity contribution in [1.29, 1.82) is 0 Å². The van der Waals surface area contributed by atoms with Crippen LogP contribution in [0, 0.1) is 0 Å². The number of carbonyl (C=O) groups excluding carboxylic acids is 1. The summed E-state index contributed by atoms with van der Waals surface area (Å²) < 4.78 is 0. The molecule has 3 N–H and O–H groups in total. The summed E-state index contributed by atoms with van der Waals surface area (Å²) in [4.78, 5) is 14.1. The molecule has 0 unspecified atom stereocenters. The Balaban J connectivity index is 1.58. The predicted octanol–water partition coefficient (Wildman–Crippen LogP) is 3.68. The summed E-state index contributed by atoms with van der Waals surface area (Å²) >= 11 is 0. The lowest BCUT2D eigenvalue weighted by Gasteiger charge is -2.32. The second kappa shape index (κ2) is 6.52. The van der Waals surface area contributed by atoms with Crippen molar-refractivity contribution in [3.63, 3.8) is 0 Å². The molecule has 1 fully saturated rings. The fraction of sp³-hybridized carbons (Fsp3) is 0.278. The summed E-state index contributed by atoms with van der Waals surface area (Å²) in [6.45, 7) is 1.52. The third-order valence-electron chi connectivity index (χ3n) is 4.24. The number of urea groups is 1. The third-order valence-corrected chi connectivity index (χ3v) is 4.24. The van der Waals surface area contributed by atoms with Gasteiger partial charge < -0.3 is 16.0 Å². The Morgan fingerprint density at radius 2 is 1.64 bits per heavy atom. The largest absolute Gasteiger partial charge is 0.398 e. The Morgan fingerprint density at radius 1 is 1.00 bits per heavy atom. The van der Waals surface area contributed by atoms with Crippen molar-refractivity contribution in [2.75, 3.05) is 24.1 Å². The fourth-order valence-electron chi connectivity index (χ4n) is 3.00. The van der Waals surface area contributed by atoms with E-state index in [4.69, 9.17) is 5.73 Å². The molecule has 0 aromatic heterocycles. The quantitative estimate of drug-likeness (QED) is 0.830. The van der Waals surface area contributed by atoms with Crippen LogP contribution in [0.2, 0.25) is 0 Å². The lowest BCUT2D eigenvalue weighted by Crippen LogP contribution is -2.40. The number of likely N-dealkylation sites (tertiary alicyclic amines) is 1. The van der Waals surface area contributed by atoms with E-state index in [0.717, 1.165) is 37.3 Å². The van der Waals surface area contributed by atoms with Crippen LogP contribution in [0.4, 0.5) is 16.2 Å². The minimum atomic E-state index is -0.0225. The average molecular weight is 295 g/mol. The topological polar surface area (TPSA) is 58.4 Å². The van der Waals surface area contributed by atoms with Crippen molar-refractivity contribution in [2.24, 2.45) is 0 Å². The smallest absolute Gasteiger partial charge is 0.321 e. The van der Waals surface area contributed by atoms with Gasteiger partial charge in [-0.2, -0.15) is 0 Å². The van der Waals surface area contributed by atoms with Crippen molar-refractivity contribution in [3.8, 4) is 0 Å². The van der Waals surface area contributed by atoms with Gasteiger partial charge in [0.15, 0.2) is 0 Å². The van der Waals surface area contributed by atoms with Crippen LogP contribution >= 0.6 is 0 Å². The monoisotopic (exact) mass is 295 g/mol. The number of para-hydroxylation sites is 2. The molecule has 4 nitrogen and oxygen atoms in total. The molecule has 0 spiro atoms. The van der Waals surface area contributed by atoms with Crippen LogP contribution in [-0.2, 0) is 0 Å². The maximum atomic E-state index is 12.3. The van der Waals surface area contributed by atoms with Gasteiger partial charge in [0.25, 0.3) is 0 Å². The van der Waals surface area contributed by atoms with Gasteiger partial charge in [-0.15, -0.1) is 0 Å². The van der Waals surface area contributed by atoms with Crippen molar-refractivity contribution >= 4 is 17.4 Å². The van der Waals surface area contributed by atoms with Crippen LogP contribution in [0.1, 0.15) is 24.3 Å². The van der Waals surface area contributed by atoms with E-state index in [1.165, 1.54) is 5.56 Å². The molecular weight excluding hydrogens is 274 g/mol. The summed E-state index contributed by atoms with van der Waals surface area (Å²) in [6.07, 6.45) is 1.91. The van der Waals surface area contributed by atoms with Gasteiger partial charge in [-0.3, -0.25) is 0 Å². The second-order valence-electron chi connectivity index (χ2n) is 5.69. The summed E-state index contributed by atoms with van der Waals surface area (Å²) in [5, 5.41) is 2.94. The van der Waals surface area contributed by atoms with E-state index in [2.05, 4.69) is 11.4 Å². The zero-order valence-corrected chi connectivity index (χ0v) is 12.5. The van der Waals surface area contributed by atoms with E-state index in [1.807, 2.05) is 53.4 Å². The maximum absolute atomic E-state index is 12.3. The molecule has 0 radical (unpaired) electrons. The molecule has 0 bridgehead atoms. The number of hydrogen-bond acceptors (Lipinski definition) is 2. The number of nitrogens with one attached hydrogen (secondary N) is 1. The first kappa shape index (κ1) is 14.4. The minimum Gasteiger partial charge on any atom is -0.398 e. The highest BCUT2D eigenvalue weighted by Crippen LogP contribution is 2.31. The highest BCUT2D eigenvalue weighted by molar-refractivity contribution is 5.89. The van der Waals surface area contributed by atoms with Crippen LogP contribution in [0.25, 0.3) is 0 Å². The predicted molar refractivity (Wildman–Crippen MR) is 89.9 cm³/mol. The molecule has 1 aliphatic heterocycles. The highest BCUT2D eigenvalue weighted by Gasteiger charge is 2.24. The number of nitrogens with two attached hydrogens (primary N) is 1. The molecule has 0 saturated carbocycles. The molecule has 2 amide bonds. The van der Waals surface area contributed by atoms with Crippen LogP contribution in [0.15, 0.2) is 54.6 Å². The first-order valence-electron chi connectivity index (χ1n) is 7.69. The van der Waals surface area contributed by atoms with E-state index in [9.17, 15) is 4.79 Å². The Bertz CT molecular complexity index is 634. The molecule has 0 aliphatic carbocycles. The zero-order valence-electron chi connectivity index (χ0n) is 12.5. The molecule has 114 valence electrons. The molecule has 1 saturated heterocycles. The van der Waals surface area contributed by atoms with Crippen molar-refractivity contribution < 1.29 is 4.79 Å². The number of anilines is 2. The first-order valence-corrected chi connectivity index (χ1v) is 7.69. The normalized spacial score (nSPS) is 15.5. The van der Waals surface area contributed by atoms with Gasteiger partial charge in [0, 0.05) is 24.5 Å². The SMILES string of the molecule is Nc1ccccc1C1CCN(C(=O)Nc2ccccc2)CC1. The van der Waals surface area contributed by atoms with Gasteiger partial charge in [-0.05, 0) is 42.5 Å². The lowest BCUT2D eigenvalue weighted by atomic mass is 9.88. The summed E-state index contributed by atoms with van der Waals surface area (Å²) in [5.41, 5.74) is 8.96. The van der Waals surface area contributed by atoms with Gasteiger partial charge in [0.2, 0.25) is 0 Å².